The van der Waals surface area contributed by atoms with Crippen LogP contribution in [0.4, 0.5) is 44.2 Å². The fourth-order valence-electron chi connectivity index (χ4n) is 17.3. The highest BCUT2D eigenvalue weighted by atomic mass is 32.2. The molecule has 142 heavy (non-hydrogen) atoms. The van der Waals surface area contributed by atoms with Gasteiger partial charge in [0.1, 0.15) is 65.4 Å². The Kier molecular flexibility index (Phi) is 33.3. The van der Waals surface area contributed by atoms with Gasteiger partial charge in [-0.1, -0.05) is 120 Å². The molecule has 12 heterocycles. The minimum Gasteiger partial charge on any atom is -0.481 e. The van der Waals surface area contributed by atoms with E-state index in [1.165, 1.54) is 49.5 Å². The number of anilines is 6. The summed E-state index contributed by atoms with van der Waals surface area (Å²) in [5, 5.41) is 20.7. The largest absolute Gasteiger partial charge is 0.481 e. The number of carbonyl (C=O) groups is 5. The maximum atomic E-state index is 13.3. The number of H-pyrrole nitrogens is 1. The molecule has 8 aromatic heterocycles. The number of likely N-dealkylation sites (N-methyl/N-ethyl adjacent to an activating group) is 3. The Morgan fingerprint density at radius 3 is 1.13 bits per heavy atom. The van der Waals surface area contributed by atoms with Gasteiger partial charge in [0.2, 0.25) is 11.8 Å². The van der Waals surface area contributed by atoms with Crippen molar-refractivity contribution in [2.45, 2.75) is 177 Å². The Labute approximate surface area is 828 Å². The van der Waals surface area contributed by atoms with Gasteiger partial charge in [-0.05, 0) is 211 Å². The molecule has 5 N–H and O–H groups in total. The van der Waals surface area contributed by atoms with Gasteiger partial charge in [-0.15, -0.1) is 0 Å². The van der Waals surface area contributed by atoms with Crippen LogP contribution in [0.2, 0.25) is 0 Å². The Hall–Kier alpha value is -14.6. The number of aromatic nitrogens is 12. The molecule has 39 heteroatoms. The van der Waals surface area contributed by atoms with Crippen LogP contribution in [0.15, 0.2) is 253 Å². The van der Waals surface area contributed by atoms with E-state index < -0.39 is 53.3 Å². The molecule has 0 spiro atoms. The third kappa shape index (κ3) is 26.0. The third-order valence-corrected chi connectivity index (χ3v) is 29.9. The molecule has 0 saturated carbocycles. The smallest absolute Gasteiger partial charge is 0.410 e. The second-order valence-corrected chi connectivity index (χ2v) is 43.1. The monoisotopic (exact) mass is 1990 g/mol. The average molecular weight is 1990 g/mol. The topological polar surface area (TPSA) is 419 Å². The Bertz CT molecular complexity index is 7050. The van der Waals surface area contributed by atoms with E-state index in [1.54, 1.807) is 114 Å². The van der Waals surface area contributed by atoms with Crippen molar-refractivity contribution < 1.29 is 63.8 Å². The molecule has 4 fully saturated rings. The second-order valence-electron chi connectivity index (χ2n) is 37.6. The van der Waals surface area contributed by atoms with Gasteiger partial charge in [0.25, 0.3) is 30.1 Å². The number of fused-ring (bicyclic) bond motifs is 4. The highest BCUT2D eigenvalue weighted by Gasteiger charge is 2.36. The number of rotatable bonds is 23. The first kappa shape index (κ1) is 103. The fourth-order valence-corrected chi connectivity index (χ4v) is 21.2. The summed E-state index contributed by atoms with van der Waals surface area (Å²) < 4.78 is 94.1. The first-order chi connectivity index (χ1) is 67.9. The van der Waals surface area contributed by atoms with Gasteiger partial charge in [0.05, 0.1) is 55.4 Å². The summed E-state index contributed by atoms with van der Waals surface area (Å²) in [6, 6.07) is 56.6. The van der Waals surface area contributed by atoms with Crippen molar-refractivity contribution in [1.82, 2.24) is 76.8 Å². The van der Waals surface area contributed by atoms with Crippen molar-refractivity contribution in [3.8, 4) is 0 Å². The number of nitrogens with one attached hydrogen (secondary N) is 4. The van der Waals surface area contributed by atoms with Crippen LogP contribution in [0.3, 0.4) is 0 Å². The van der Waals surface area contributed by atoms with Gasteiger partial charge in [-0.2, -0.15) is 0 Å². The lowest BCUT2D eigenvalue weighted by atomic mass is 10.0. The standard InChI is InChI=1S/C27H30N6O3S.C24H31N5O4S.C23H29N5O4S.C20H24N6O.C9H10O2/c1-20-10-12-23(13-11-20)37(35,36)33-16-14-24-26(29-19-30-27(24)33)32-15-6-9-22(18-32)31(2)25(34)17-28-21-7-4-3-5-8-21;1-17-8-10-19(11-9-17)34(31,32)29-14-12-20-21(25-16-26-22(20)29)28-13-6-7-18(15-28)27(5)23(30)33-24(2,3)4;1-16-7-9-18(10-8-16)33(30,31)28-13-11-19-20(24-15-25-21(19)28)27-12-5-6-17(14-27)26-22(29)32-23(2,3)4;1-25(18(27)12-22-15-6-3-2-4-7-15)16-8-5-11-26(13-16)20-17-9-10-21-19(17)23-14-24-20;10-9(11)7-6-8-4-2-1-3-5-8/h3-5,7-8,10-14,16,19,22,28H,6,9,15,17-18H2,1-2H3;8-12,14,16,18H,6-7,13,15H2,1-5H3;7-11,13,15,17H,5-6,12,14H2,1-4H3,(H,26,29);2-4,6-7,9-10,14,16,22H,5,8,11-13H2,1H3,(H,21,23,24);1-5H,6-7H2,(H,10,11). The minimum atomic E-state index is -3.80. The van der Waals surface area contributed by atoms with Crippen LogP contribution < -0.4 is 35.6 Å². The zero-order valence-corrected chi connectivity index (χ0v) is 84.4. The van der Waals surface area contributed by atoms with Crippen LogP contribution in [0.5, 0.6) is 0 Å². The number of piperidine rings is 4. The normalized spacial score (nSPS) is 16.3. The highest BCUT2D eigenvalue weighted by Crippen LogP contribution is 2.36. The number of aliphatic carboxylic acids is 1. The Morgan fingerprint density at radius 2 is 0.761 bits per heavy atom. The summed E-state index contributed by atoms with van der Waals surface area (Å²) in [5.41, 5.74) is 6.59. The predicted octanol–water partition coefficient (Wildman–Crippen LogP) is 15.0. The van der Waals surface area contributed by atoms with E-state index in [-0.39, 0.29) is 69.7 Å². The maximum absolute atomic E-state index is 13.3. The molecule has 4 saturated heterocycles. The average Bonchev–Trinajstić information content (AvgIpc) is 1.60. The van der Waals surface area contributed by atoms with Gasteiger partial charge in [0, 0.05) is 134 Å². The number of aryl methyl sites for hydroxylation is 4. The summed E-state index contributed by atoms with van der Waals surface area (Å²) in [7, 11) is -5.91. The second kappa shape index (κ2) is 45.8. The van der Waals surface area contributed by atoms with Crippen LogP contribution >= 0.6 is 0 Å². The zero-order valence-electron chi connectivity index (χ0n) is 82.0. The number of aromatic amines is 1. The van der Waals surface area contributed by atoms with Gasteiger partial charge in [-0.25, -0.2) is 86.6 Å². The van der Waals surface area contributed by atoms with E-state index >= 15 is 0 Å². The van der Waals surface area contributed by atoms with E-state index in [0.717, 1.165) is 135 Å². The molecule has 0 radical (unpaired) electrons. The molecule has 14 aromatic rings. The Morgan fingerprint density at radius 1 is 0.415 bits per heavy atom. The van der Waals surface area contributed by atoms with Gasteiger partial charge in [0.15, 0.2) is 16.9 Å². The molecule has 4 aliphatic heterocycles. The van der Waals surface area contributed by atoms with Crippen LogP contribution in [0.25, 0.3) is 44.1 Å². The molecule has 748 valence electrons. The first-order valence-electron chi connectivity index (χ1n) is 47.4. The number of para-hydroxylation sites is 2. The van der Waals surface area contributed by atoms with E-state index in [2.05, 4.69) is 80.4 Å². The molecule has 0 bridgehead atoms. The van der Waals surface area contributed by atoms with E-state index in [1.807, 2.05) is 185 Å². The molecule has 6 aromatic carbocycles. The first-order valence-corrected chi connectivity index (χ1v) is 51.7. The van der Waals surface area contributed by atoms with Crippen molar-refractivity contribution >= 4 is 139 Å². The predicted molar refractivity (Wildman–Crippen MR) is 550 cm³/mol. The molecular weight excluding hydrogens is 1870 g/mol. The van der Waals surface area contributed by atoms with E-state index in [0.29, 0.717) is 83.2 Å². The Balaban J connectivity index is 0.000000146. The molecule has 4 aliphatic rings. The number of hydrogen-bond donors (Lipinski definition) is 5. The molecule has 4 unspecified atom stereocenters. The number of benzene rings is 6. The third-order valence-electron chi connectivity index (χ3n) is 24.9. The number of ether oxygens (including phenoxy) is 2. The molecule has 18 rings (SSSR count). The van der Waals surface area contributed by atoms with Crippen LogP contribution in [-0.4, -0.2) is 254 Å². The molecule has 36 nitrogen and oxygen atoms in total. The van der Waals surface area contributed by atoms with Crippen molar-refractivity contribution in [2.24, 2.45) is 0 Å². The maximum Gasteiger partial charge on any atom is 0.410 e. The number of amides is 4. The molecule has 4 atom stereocenters. The number of alkyl carbamates (subject to hydrolysis) is 1. The van der Waals surface area contributed by atoms with Crippen molar-refractivity contribution in [3.63, 3.8) is 0 Å². The number of hydrogen-bond acceptors (Lipinski definition) is 27. The van der Waals surface area contributed by atoms with Gasteiger partial charge >= 0.3 is 18.2 Å². The lowest BCUT2D eigenvalue weighted by molar-refractivity contribution is -0.137. The SMILES string of the molecule is CN(C(=O)CNc1ccccc1)C1CCCN(c2ncnc3[nH]ccc23)C1.Cc1ccc(S(=O)(=O)n2ccc3c(N4CCCC(N(C)C(=O)CNc5ccccc5)C4)ncnc32)cc1.Cc1ccc(S(=O)(=O)n2ccc3c(N4CCCC(N(C)C(=O)OC(C)(C)C)C4)ncnc32)cc1.Cc1ccc(S(=O)(=O)n2ccc3c(N4CCCC(NC(=O)OC(C)(C)C)C4)ncnc32)cc1.O=C(O)CCc1ccccc1. The lowest BCUT2D eigenvalue weighted by Gasteiger charge is -2.38. The fraction of sp³-hybridized carbons (Fsp3) is 0.369. The van der Waals surface area contributed by atoms with E-state index in [9.17, 15) is 49.2 Å². The van der Waals surface area contributed by atoms with Crippen LogP contribution in [-0.2, 0) is 60.3 Å². The number of nitrogens with zero attached hydrogens (tertiary/aromatic N) is 18. The van der Waals surface area contributed by atoms with Crippen LogP contribution in [0, 0.1) is 20.8 Å². The summed E-state index contributed by atoms with van der Waals surface area (Å²) in [4.78, 5) is 113. The number of carbonyl (C=O) groups excluding carboxylic acids is 4. The quantitative estimate of drug-likeness (QED) is 0.0397. The van der Waals surface area contributed by atoms with Crippen molar-refractivity contribution in [2.75, 3.05) is 117 Å². The highest BCUT2D eigenvalue weighted by molar-refractivity contribution is 7.90. The van der Waals surface area contributed by atoms with Gasteiger partial charge < -0.3 is 69.8 Å². The zero-order chi connectivity index (χ0) is 101. The molecule has 4 amide bonds. The summed E-state index contributed by atoms with van der Waals surface area (Å²) in [6.07, 6.45) is 19.5. The summed E-state index contributed by atoms with van der Waals surface area (Å²) in [5.74, 6) is 2.29. The lowest BCUT2D eigenvalue weighted by Crippen LogP contribution is -2.50. The minimum absolute atomic E-state index is 0.0129. The molecular formula is C103H124N22O14S3. The molecule has 0 aliphatic carbocycles. The van der Waals surface area contributed by atoms with Crippen molar-refractivity contribution in [1.29, 1.82) is 0 Å². The number of carboxylic acid groups (broad SMARTS) is 1. The van der Waals surface area contributed by atoms with E-state index in [4.69, 9.17) is 14.6 Å². The van der Waals surface area contributed by atoms with Crippen molar-refractivity contribution in [3.05, 3.63) is 260 Å². The van der Waals surface area contributed by atoms with Gasteiger partial charge in [-0.3, -0.25) is 14.4 Å². The summed E-state index contributed by atoms with van der Waals surface area (Å²) in [6.45, 7) is 23.0. The summed E-state index contributed by atoms with van der Waals surface area (Å²) >= 11 is 0. The van der Waals surface area contributed by atoms with Crippen LogP contribution in [0.1, 0.15) is 122 Å². The number of carboxylic acids is 1.